The first kappa shape index (κ1) is 17.9. The molecule has 0 amide bonds. The molecule has 0 bridgehead atoms. The van der Waals surface area contributed by atoms with Gasteiger partial charge in [0.25, 0.3) is 0 Å². The summed E-state index contributed by atoms with van der Waals surface area (Å²) in [6.45, 7) is 2.37. The van der Waals surface area contributed by atoms with Crippen molar-refractivity contribution >= 4 is 90.4 Å². The summed E-state index contributed by atoms with van der Waals surface area (Å²) >= 11 is 10.1. The summed E-state index contributed by atoms with van der Waals surface area (Å²) in [5.74, 6) is 0. The fourth-order valence-corrected chi connectivity index (χ4v) is 3.48. The molecule has 0 saturated heterocycles. The zero-order chi connectivity index (χ0) is 11.5. The van der Waals surface area contributed by atoms with Crippen LogP contribution in [0.4, 0.5) is 0 Å². The van der Waals surface area contributed by atoms with Crippen LogP contribution in [0.15, 0.2) is 0 Å². The van der Waals surface area contributed by atoms with Gasteiger partial charge in [0, 0.05) is 12.3 Å². The van der Waals surface area contributed by atoms with Gasteiger partial charge < -0.3 is 5.32 Å². The van der Waals surface area contributed by atoms with E-state index in [1.807, 2.05) is 0 Å². The largest absolute Gasteiger partial charge is 0.317 e. The van der Waals surface area contributed by atoms with Crippen LogP contribution in [0, 0.1) is 0 Å². The van der Waals surface area contributed by atoms with E-state index in [9.17, 15) is 0 Å². The SMILES string of the molecule is ICCCNCCC(I)C(I)CCCI. The highest BCUT2D eigenvalue weighted by atomic mass is 127. The normalized spacial score (nSPS) is 15.2. The van der Waals surface area contributed by atoms with Crippen LogP contribution >= 0.6 is 90.4 Å². The third kappa shape index (κ3) is 11.7. The summed E-state index contributed by atoms with van der Waals surface area (Å²) in [5.41, 5.74) is 0. The summed E-state index contributed by atoms with van der Waals surface area (Å²) < 4.78 is 4.25. The van der Waals surface area contributed by atoms with Crippen molar-refractivity contribution < 1.29 is 0 Å². The molecule has 1 nitrogen and oxygen atoms in total. The molecule has 0 aromatic rings. The molecule has 0 aliphatic rings. The lowest BCUT2D eigenvalue weighted by molar-refractivity contribution is 0.620. The number of hydrogen-bond acceptors (Lipinski definition) is 1. The predicted octanol–water partition coefficient (Wildman–Crippen LogP) is 4.61. The molecule has 0 radical (unpaired) electrons. The molecule has 2 unspecified atom stereocenters. The van der Waals surface area contributed by atoms with Crippen molar-refractivity contribution in [3.05, 3.63) is 0 Å². The van der Waals surface area contributed by atoms with Crippen LogP contribution in [0.1, 0.15) is 25.7 Å². The summed E-state index contributed by atoms with van der Waals surface area (Å²) in [6, 6.07) is 0. The van der Waals surface area contributed by atoms with Crippen molar-refractivity contribution in [2.24, 2.45) is 0 Å². The Labute approximate surface area is 149 Å². The topological polar surface area (TPSA) is 12.0 Å². The second-order valence-electron chi connectivity index (χ2n) is 3.44. The lowest BCUT2D eigenvalue weighted by atomic mass is 10.1. The van der Waals surface area contributed by atoms with Gasteiger partial charge in [0.15, 0.2) is 0 Å². The van der Waals surface area contributed by atoms with E-state index in [1.165, 1.54) is 47.6 Å². The molecule has 1 N–H and O–H groups in total. The van der Waals surface area contributed by atoms with Gasteiger partial charge in [-0.2, -0.15) is 0 Å². The third-order valence-electron chi connectivity index (χ3n) is 2.09. The first-order chi connectivity index (χ1) is 7.22. The molecule has 0 aromatic heterocycles. The van der Waals surface area contributed by atoms with E-state index < -0.39 is 0 Å². The molecule has 0 spiro atoms. The van der Waals surface area contributed by atoms with Gasteiger partial charge in [0.05, 0.1) is 0 Å². The molecular formula is C10H19I4N. The summed E-state index contributed by atoms with van der Waals surface area (Å²) in [6.07, 6.45) is 5.37. The van der Waals surface area contributed by atoms with Gasteiger partial charge in [-0.15, -0.1) is 0 Å². The van der Waals surface area contributed by atoms with Crippen LogP contribution in [0.25, 0.3) is 0 Å². The highest BCUT2D eigenvalue weighted by Gasteiger charge is 2.14. The number of nitrogens with one attached hydrogen (secondary N) is 1. The van der Waals surface area contributed by atoms with Gasteiger partial charge in [0.1, 0.15) is 0 Å². The molecule has 5 heteroatoms. The Bertz CT molecular complexity index is 135. The highest BCUT2D eigenvalue weighted by Crippen LogP contribution is 2.23. The van der Waals surface area contributed by atoms with E-state index in [1.54, 1.807) is 0 Å². The minimum absolute atomic E-state index is 0.832. The van der Waals surface area contributed by atoms with Crippen molar-refractivity contribution in [2.75, 3.05) is 21.9 Å². The molecule has 0 rings (SSSR count). The first-order valence-corrected chi connectivity index (χ1v) is 10.9. The fraction of sp³-hybridized carbons (Fsp3) is 1.00. The quantitative estimate of drug-likeness (QED) is 0.205. The standard InChI is InChI=1S/C10H19I4N/c11-5-1-3-9(13)10(14)4-8-15-7-2-6-12/h9-10,15H,1-8H2. The Morgan fingerprint density at radius 3 is 2.00 bits per heavy atom. The van der Waals surface area contributed by atoms with Gasteiger partial charge in [-0.1, -0.05) is 90.4 Å². The molecule has 0 aliphatic carbocycles. The molecule has 0 aromatic carbocycles. The van der Waals surface area contributed by atoms with E-state index in [0.29, 0.717) is 0 Å². The molecule has 0 saturated carbocycles. The van der Waals surface area contributed by atoms with E-state index in [2.05, 4.69) is 95.7 Å². The third-order valence-corrected chi connectivity index (χ3v) is 7.97. The van der Waals surface area contributed by atoms with Gasteiger partial charge in [-0.05, 0) is 43.2 Å². The lowest BCUT2D eigenvalue weighted by Gasteiger charge is -2.16. The van der Waals surface area contributed by atoms with Crippen LogP contribution in [0.3, 0.4) is 0 Å². The molecule has 0 fully saturated rings. The van der Waals surface area contributed by atoms with Crippen LogP contribution < -0.4 is 5.32 Å². The maximum atomic E-state index is 3.51. The zero-order valence-electron chi connectivity index (χ0n) is 8.82. The van der Waals surface area contributed by atoms with Crippen LogP contribution in [-0.4, -0.2) is 29.8 Å². The van der Waals surface area contributed by atoms with Crippen molar-refractivity contribution in [2.45, 2.75) is 33.5 Å². The number of rotatable bonds is 10. The van der Waals surface area contributed by atoms with E-state index in [0.717, 1.165) is 7.85 Å². The van der Waals surface area contributed by atoms with Crippen molar-refractivity contribution in [1.82, 2.24) is 5.32 Å². The summed E-state index contributed by atoms with van der Waals surface area (Å²) in [7, 11) is 0. The zero-order valence-corrected chi connectivity index (χ0v) is 17.5. The Morgan fingerprint density at radius 2 is 1.40 bits per heavy atom. The Kier molecular flexibility index (Phi) is 15.9. The monoisotopic (exact) mass is 661 g/mol. The number of alkyl halides is 4. The van der Waals surface area contributed by atoms with Gasteiger partial charge in [-0.25, -0.2) is 0 Å². The molecular weight excluding hydrogens is 642 g/mol. The lowest BCUT2D eigenvalue weighted by Crippen LogP contribution is -2.23. The number of halogens is 4. The van der Waals surface area contributed by atoms with Crippen LogP contribution in [0.2, 0.25) is 0 Å². The minimum atomic E-state index is 0.832. The summed E-state index contributed by atoms with van der Waals surface area (Å²) in [5, 5.41) is 3.51. The predicted molar refractivity (Wildman–Crippen MR) is 105 cm³/mol. The molecule has 15 heavy (non-hydrogen) atoms. The molecule has 2 atom stereocenters. The van der Waals surface area contributed by atoms with E-state index >= 15 is 0 Å². The van der Waals surface area contributed by atoms with Crippen LogP contribution in [-0.2, 0) is 0 Å². The smallest absolute Gasteiger partial charge is 0.0239 e. The van der Waals surface area contributed by atoms with Crippen molar-refractivity contribution in [3.63, 3.8) is 0 Å². The molecule has 92 valence electrons. The fourth-order valence-electron chi connectivity index (χ4n) is 1.19. The Balaban J connectivity index is 3.34. The average Bonchev–Trinajstić information content (AvgIpc) is 2.25. The first-order valence-electron chi connectivity index (χ1n) is 5.33. The van der Waals surface area contributed by atoms with Crippen molar-refractivity contribution in [1.29, 1.82) is 0 Å². The Hall–Kier alpha value is 2.88. The van der Waals surface area contributed by atoms with Gasteiger partial charge in [-0.3, -0.25) is 0 Å². The van der Waals surface area contributed by atoms with Gasteiger partial charge in [0.2, 0.25) is 0 Å². The van der Waals surface area contributed by atoms with Gasteiger partial charge >= 0.3 is 0 Å². The maximum Gasteiger partial charge on any atom is 0.0239 e. The van der Waals surface area contributed by atoms with Crippen molar-refractivity contribution in [3.8, 4) is 0 Å². The summed E-state index contributed by atoms with van der Waals surface area (Å²) in [4.78, 5) is 0. The second kappa shape index (κ2) is 13.3. The average molecular weight is 661 g/mol. The van der Waals surface area contributed by atoms with E-state index in [-0.39, 0.29) is 0 Å². The van der Waals surface area contributed by atoms with Crippen LogP contribution in [0.5, 0.6) is 0 Å². The minimum Gasteiger partial charge on any atom is -0.317 e. The Morgan fingerprint density at radius 1 is 0.800 bits per heavy atom. The second-order valence-corrected chi connectivity index (χ2v) is 8.80. The molecule has 0 heterocycles. The number of hydrogen-bond donors (Lipinski definition) is 1. The van der Waals surface area contributed by atoms with E-state index in [4.69, 9.17) is 0 Å². The highest BCUT2D eigenvalue weighted by molar-refractivity contribution is 14.1. The maximum absolute atomic E-state index is 3.51. The molecule has 0 aliphatic heterocycles.